The van der Waals surface area contributed by atoms with Crippen molar-refractivity contribution in [2.45, 2.75) is 59.0 Å². The number of amidine groups is 1. The summed E-state index contributed by atoms with van der Waals surface area (Å²) in [5, 5.41) is 8.74. The van der Waals surface area contributed by atoms with E-state index in [1.165, 1.54) is 25.0 Å². The number of nitrogens with one attached hydrogen (secondary N) is 1. The molecule has 0 spiro atoms. The van der Waals surface area contributed by atoms with E-state index >= 15 is 0 Å². The van der Waals surface area contributed by atoms with E-state index in [1.807, 2.05) is 18.7 Å². The van der Waals surface area contributed by atoms with Crippen molar-refractivity contribution in [2.75, 3.05) is 39.8 Å². The van der Waals surface area contributed by atoms with E-state index < -0.39 is 5.91 Å². The third-order valence-corrected chi connectivity index (χ3v) is 6.94. The van der Waals surface area contributed by atoms with Crippen molar-refractivity contribution < 1.29 is 14.7 Å². The molecule has 0 radical (unpaired) electrons. The van der Waals surface area contributed by atoms with Crippen molar-refractivity contribution in [2.24, 2.45) is 22.3 Å². The molecule has 0 aromatic heterocycles. The van der Waals surface area contributed by atoms with Crippen LogP contribution in [-0.4, -0.2) is 89.7 Å². The first-order valence-electron chi connectivity index (χ1n) is 13.5. The Bertz CT molecular complexity index is 985. The Kier molecular flexibility index (Phi) is 14.9. The highest BCUT2D eigenvalue weighted by Gasteiger charge is 2.34. The van der Waals surface area contributed by atoms with E-state index in [4.69, 9.17) is 22.4 Å². The molecule has 2 fully saturated rings. The van der Waals surface area contributed by atoms with Gasteiger partial charge in [-0.3, -0.25) is 20.3 Å². The SMILES string of the molecule is C=C(NN)/C(C)=C(N)/N=C(\C(N)=O)N1CCN(C2CCN(C)CC2)C(CC)C1.CC.O=Cc1ccc(O)cc1. The van der Waals surface area contributed by atoms with Gasteiger partial charge in [0.25, 0.3) is 5.91 Å². The molecule has 0 saturated carbocycles. The number of hydrogen-bond acceptors (Lipinski definition) is 9. The van der Waals surface area contributed by atoms with Gasteiger partial charge in [-0.2, -0.15) is 0 Å². The highest BCUT2D eigenvalue weighted by atomic mass is 16.3. The van der Waals surface area contributed by atoms with Gasteiger partial charge in [-0.15, -0.1) is 0 Å². The van der Waals surface area contributed by atoms with Gasteiger partial charge >= 0.3 is 0 Å². The van der Waals surface area contributed by atoms with Crippen molar-refractivity contribution >= 4 is 18.0 Å². The van der Waals surface area contributed by atoms with Gasteiger partial charge in [0.2, 0.25) is 0 Å². The number of amides is 1. The zero-order valence-corrected chi connectivity index (χ0v) is 24.2. The van der Waals surface area contributed by atoms with Crippen molar-refractivity contribution in [3.05, 3.63) is 53.5 Å². The van der Waals surface area contributed by atoms with Crippen molar-refractivity contribution in [3.8, 4) is 5.75 Å². The lowest BCUT2D eigenvalue weighted by Gasteiger charge is -2.47. The molecule has 1 aromatic carbocycles. The smallest absolute Gasteiger partial charge is 0.284 e. The van der Waals surface area contributed by atoms with Gasteiger partial charge in [-0.1, -0.05) is 27.4 Å². The number of carbonyl (C=O) groups is 2. The molecule has 11 heteroatoms. The Hall–Kier alpha value is -3.41. The minimum atomic E-state index is -0.579. The highest BCUT2D eigenvalue weighted by molar-refractivity contribution is 6.37. The Morgan fingerprint density at radius 3 is 2.23 bits per heavy atom. The number of carbonyl (C=O) groups excluding carboxylic acids is 2. The summed E-state index contributed by atoms with van der Waals surface area (Å²) >= 11 is 0. The van der Waals surface area contributed by atoms with Gasteiger partial charge in [-0.25, -0.2) is 4.99 Å². The first-order valence-corrected chi connectivity index (χ1v) is 13.5. The number of hydrogen-bond donors (Lipinski definition) is 5. The van der Waals surface area contributed by atoms with Crippen molar-refractivity contribution in [3.63, 3.8) is 0 Å². The van der Waals surface area contributed by atoms with Gasteiger partial charge in [-0.05, 0) is 70.6 Å². The number of nitrogens with zero attached hydrogens (tertiary/aromatic N) is 4. The number of piperidine rings is 1. The van der Waals surface area contributed by atoms with Gasteiger partial charge in [0.05, 0.1) is 0 Å². The van der Waals surface area contributed by atoms with E-state index in [0.29, 0.717) is 42.0 Å². The molecule has 2 aliphatic heterocycles. The third kappa shape index (κ3) is 10.3. The maximum Gasteiger partial charge on any atom is 0.284 e. The lowest BCUT2D eigenvalue weighted by Crippen LogP contribution is -2.60. The molecule has 218 valence electrons. The van der Waals surface area contributed by atoms with Crippen LogP contribution in [0.3, 0.4) is 0 Å². The number of nitrogens with two attached hydrogens (primary N) is 3. The molecule has 1 amide bonds. The number of rotatable bonds is 6. The first-order chi connectivity index (χ1) is 18.6. The molecule has 1 atom stereocenters. The van der Waals surface area contributed by atoms with Crippen LogP contribution in [0, 0.1) is 0 Å². The van der Waals surface area contributed by atoms with Crippen LogP contribution in [0.15, 0.2) is 52.9 Å². The predicted molar refractivity (Wildman–Crippen MR) is 158 cm³/mol. The number of primary amides is 1. The lowest BCUT2D eigenvalue weighted by molar-refractivity contribution is -0.112. The summed E-state index contributed by atoms with van der Waals surface area (Å²) in [6, 6.07) is 7.03. The van der Waals surface area contributed by atoms with Crippen LogP contribution >= 0.6 is 0 Å². The van der Waals surface area contributed by atoms with Gasteiger partial charge in [0, 0.05) is 48.6 Å². The summed E-state index contributed by atoms with van der Waals surface area (Å²) in [6.07, 6.45) is 4.12. The van der Waals surface area contributed by atoms with Crippen LogP contribution in [0.25, 0.3) is 0 Å². The summed E-state index contributed by atoms with van der Waals surface area (Å²) in [5.74, 6) is 5.36. The second-order valence-electron chi connectivity index (χ2n) is 9.42. The molecule has 1 unspecified atom stereocenters. The number of aromatic hydroxyl groups is 1. The quantitative estimate of drug-likeness (QED) is 0.0895. The van der Waals surface area contributed by atoms with Crippen molar-refractivity contribution in [1.82, 2.24) is 20.1 Å². The maximum absolute atomic E-state index is 12.1. The lowest BCUT2D eigenvalue weighted by atomic mass is 9.98. The van der Waals surface area contributed by atoms with Crippen LogP contribution in [0.1, 0.15) is 57.3 Å². The standard InChI is InChI=1S/C19H36N8O.C7H6O2.C2H6/c1-5-15-12-26(10-11-27(15)16-6-8-25(4)9-7-16)19(18(21)28)23-17(20)13(2)14(3)24-22;8-5-6-1-3-7(9)4-2-6;1-2/h15-16,24H,3,5-12,20,22H2,1-2,4H3,(H2,21,28);1-5,9H;1-2H3/b17-13+,23-19+;;. The number of allylic oxidation sites excluding steroid dienone is 1. The number of phenolic OH excluding ortho intramolecular Hbond substituents is 1. The summed E-state index contributed by atoms with van der Waals surface area (Å²) < 4.78 is 0. The van der Waals surface area contributed by atoms with E-state index in [2.05, 4.69) is 40.8 Å². The fraction of sp³-hybridized carbons (Fsp3) is 0.536. The van der Waals surface area contributed by atoms with Crippen LogP contribution in [0.5, 0.6) is 5.75 Å². The van der Waals surface area contributed by atoms with Crippen LogP contribution in [-0.2, 0) is 4.79 Å². The molecule has 39 heavy (non-hydrogen) atoms. The third-order valence-electron chi connectivity index (χ3n) is 6.94. The van der Waals surface area contributed by atoms with Crippen LogP contribution in [0.2, 0.25) is 0 Å². The Morgan fingerprint density at radius 2 is 1.74 bits per heavy atom. The average Bonchev–Trinajstić information content (AvgIpc) is 2.96. The molecular formula is C28H48N8O3. The maximum atomic E-state index is 12.1. The Morgan fingerprint density at radius 1 is 1.15 bits per heavy atom. The minimum absolute atomic E-state index is 0.181. The zero-order valence-electron chi connectivity index (χ0n) is 24.2. The normalized spacial score (nSPS) is 19.5. The molecule has 0 bridgehead atoms. The Balaban J connectivity index is 0.000000578. The molecule has 2 aliphatic rings. The predicted octanol–water partition coefficient (Wildman–Crippen LogP) is 1.76. The van der Waals surface area contributed by atoms with E-state index in [9.17, 15) is 9.59 Å². The minimum Gasteiger partial charge on any atom is -0.508 e. The van der Waals surface area contributed by atoms with E-state index in [1.54, 1.807) is 19.1 Å². The number of aldehydes is 1. The molecule has 2 saturated heterocycles. The fourth-order valence-corrected chi connectivity index (χ4v) is 4.53. The van der Waals surface area contributed by atoms with Crippen LogP contribution < -0.4 is 22.7 Å². The van der Waals surface area contributed by atoms with Gasteiger partial charge < -0.3 is 31.8 Å². The highest BCUT2D eigenvalue weighted by Crippen LogP contribution is 2.23. The summed E-state index contributed by atoms with van der Waals surface area (Å²) in [5.41, 5.74) is 15.7. The molecule has 0 aliphatic carbocycles. The van der Waals surface area contributed by atoms with Crippen LogP contribution in [0.4, 0.5) is 0 Å². The number of piperazine rings is 1. The molecule has 2 heterocycles. The van der Waals surface area contributed by atoms with Gasteiger partial charge in [0.15, 0.2) is 5.84 Å². The number of aliphatic imine (C=N–C) groups is 1. The van der Waals surface area contributed by atoms with E-state index in [-0.39, 0.29) is 17.4 Å². The topological polar surface area (TPSA) is 167 Å². The zero-order chi connectivity index (χ0) is 29.5. The second kappa shape index (κ2) is 17.2. The summed E-state index contributed by atoms with van der Waals surface area (Å²) in [6.45, 7) is 16.3. The summed E-state index contributed by atoms with van der Waals surface area (Å²) in [4.78, 5) is 33.4. The second-order valence-corrected chi connectivity index (χ2v) is 9.42. The molecule has 3 rings (SSSR count). The number of likely N-dealkylation sites (tertiary alicyclic amines) is 1. The molecule has 11 nitrogen and oxygen atoms in total. The Labute approximate surface area is 233 Å². The molecule has 8 N–H and O–H groups in total. The number of benzene rings is 1. The number of phenols is 1. The number of hydrazine groups is 1. The summed E-state index contributed by atoms with van der Waals surface area (Å²) in [7, 11) is 2.18. The monoisotopic (exact) mass is 544 g/mol. The average molecular weight is 545 g/mol. The molecular weight excluding hydrogens is 496 g/mol. The largest absolute Gasteiger partial charge is 0.508 e. The first kappa shape index (κ1) is 33.6. The molecule has 1 aromatic rings. The van der Waals surface area contributed by atoms with E-state index in [0.717, 1.165) is 32.3 Å². The van der Waals surface area contributed by atoms with Gasteiger partial charge in [0.1, 0.15) is 17.9 Å². The van der Waals surface area contributed by atoms with Crippen molar-refractivity contribution in [1.29, 1.82) is 0 Å². The fourth-order valence-electron chi connectivity index (χ4n) is 4.53.